The monoisotopic (exact) mass is 334 g/mol. The summed E-state index contributed by atoms with van der Waals surface area (Å²) < 4.78 is 6.88. The van der Waals surface area contributed by atoms with Crippen LogP contribution >= 0.6 is 31.9 Å². The maximum absolute atomic E-state index is 11.1. The smallest absolute Gasteiger partial charge is 0.306 e. The lowest BCUT2D eigenvalue weighted by molar-refractivity contribution is -0.143. The molecule has 2 nitrogen and oxygen atoms in total. The lowest BCUT2D eigenvalue weighted by atomic mass is 10.1. The van der Waals surface area contributed by atoms with Crippen molar-refractivity contribution in [1.82, 2.24) is 0 Å². The molecule has 1 aromatic rings. The van der Waals surface area contributed by atoms with Crippen LogP contribution in [-0.4, -0.2) is 12.6 Å². The van der Waals surface area contributed by atoms with E-state index in [1.807, 2.05) is 25.1 Å². The van der Waals surface area contributed by atoms with Crippen molar-refractivity contribution in [3.8, 4) is 0 Å². The van der Waals surface area contributed by atoms with Gasteiger partial charge in [0.05, 0.1) is 6.61 Å². The Morgan fingerprint density at radius 3 is 2.40 bits per heavy atom. The molecule has 0 saturated carbocycles. The Balaban J connectivity index is 2.54. The molecular weight excluding hydrogens is 324 g/mol. The Morgan fingerprint density at radius 1 is 1.27 bits per heavy atom. The molecule has 0 radical (unpaired) electrons. The van der Waals surface area contributed by atoms with Crippen molar-refractivity contribution < 1.29 is 9.53 Å². The van der Waals surface area contributed by atoms with Crippen LogP contribution in [0.5, 0.6) is 0 Å². The van der Waals surface area contributed by atoms with E-state index in [0.29, 0.717) is 19.4 Å². The van der Waals surface area contributed by atoms with Gasteiger partial charge in [0.25, 0.3) is 0 Å². The van der Waals surface area contributed by atoms with Crippen molar-refractivity contribution in [2.45, 2.75) is 19.8 Å². The first-order valence-corrected chi connectivity index (χ1v) is 6.31. The zero-order valence-corrected chi connectivity index (χ0v) is 11.6. The zero-order chi connectivity index (χ0) is 11.3. The molecule has 0 bridgehead atoms. The Morgan fingerprint density at radius 2 is 1.87 bits per heavy atom. The van der Waals surface area contributed by atoms with Crippen LogP contribution in [0.3, 0.4) is 0 Å². The van der Waals surface area contributed by atoms with E-state index in [-0.39, 0.29) is 5.97 Å². The van der Waals surface area contributed by atoms with Gasteiger partial charge < -0.3 is 4.74 Å². The Labute approximate surface area is 106 Å². The maximum atomic E-state index is 11.1. The van der Waals surface area contributed by atoms with Crippen LogP contribution in [0, 0.1) is 0 Å². The molecule has 0 fully saturated rings. The van der Waals surface area contributed by atoms with E-state index in [1.54, 1.807) is 0 Å². The molecule has 1 aromatic carbocycles. The molecule has 0 aliphatic carbocycles. The third-order valence-corrected chi connectivity index (χ3v) is 2.76. The first-order valence-electron chi connectivity index (χ1n) is 4.72. The summed E-state index contributed by atoms with van der Waals surface area (Å²) >= 11 is 6.81. The van der Waals surface area contributed by atoms with Gasteiger partial charge in [0.2, 0.25) is 0 Å². The molecular formula is C11H12Br2O2. The molecule has 4 heteroatoms. The van der Waals surface area contributed by atoms with E-state index in [9.17, 15) is 4.79 Å². The first kappa shape index (κ1) is 12.7. The SMILES string of the molecule is CCOC(=O)CCc1cc(Br)cc(Br)c1. The van der Waals surface area contributed by atoms with Gasteiger partial charge in [0.1, 0.15) is 0 Å². The van der Waals surface area contributed by atoms with Crippen LogP contribution in [0.2, 0.25) is 0 Å². The number of hydrogen-bond acceptors (Lipinski definition) is 2. The van der Waals surface area contributed by atoms with Crippen molar-refractivity contribution in [1.29, 1.82) is 0 Å². The van der Waals surface area contributed by atoms with Gasteiger partial charge in [-0.3, -0.25) is 4.79 Å². The number of halogens is 2. The van der Waals surface area contributed by atoms with Crippen molar-refractivity contribution in [3.63, 3.8) is 0 Å². The molecule has 0 amide bonds. The fraction of sp³-hybridized carbons (Fsp3) is 0.364. The number of ether oxygens (including phenoxy) is 1. The summed E-state index contributed by atoms with van der Waals surface area (Å²) in [7, 11) is 0. The minimum absolute atomic E-state index is 0.145. The van der Waals surface area contributed by atoms with Crippen LogP contribution in [-0.2, 0) is 16.0 Å². The van der Waals surface area contributed by atoms with Gasteiger partial charge in [0.15, 0.2) is 0 Å². The van der Waals surface area contributed by atoms with E-state index in [1.165, 1.54) is 0 Å². The highest BCUT2D eigenvalue weighted by atomic mass is 79.9. The van der Waals surface area contributed by atoms with Crippen molar-refractivity contribution in [3.05, 3.63) is 32.7 Å². The van der Waals surface area contributed by atoms with Gasteiger partial charge in [-0.1, -0.05) is 31.9 Å². The number of carbonyl (C=O) groups is 1. The highest BCUT2D eigenvalue weighted by Crippen LogP contribution is 2.20. The first-order chi connectivity index (χ1) is 7.11. The fourth-order valence-corrected chi connectivity index (χ4v) is 2.62. The minimum atomic E-state index is -0.145. The molecule has 0 unspecified atom stereocenters. The van der Waals surface area contributed by atoms with E-state index >= 15 is 0 Å². The second kappa shape index (κ2) is 6.28. The summed E-state index contributed by atoms with van der Waals surface area (Å²) in [4.78, 5) is 11.1. The van der Waals surface area contributed by atoms with Gasteiger partial charge in [-0.25, -0.2) is 0 Å². The fourth-order valence-electron chi connectivity index (χ4n) is 1.23. The molecule has 1 rings (SSSR count). The lowest BCUT2D eigenvalue weighted by Gasteiger charge is -2.03. The van der Waals surface area contributed by atoms with E-state index in [4.69, 9.17) is 4.74 Å². The van der Waals surface area contributed by atoms with Gasteiger partial charge in [0, 0.05) is 15.4 Å². The summed E-state index contributed by atoms with van der Waals surface area (Å²) in [6, 6.07) is 5.97. The second-order valence-electron chi connectivity index (χ2n) is 3.08. The predicted molar refractivity (Wildman–Crippen MR) is 66.8 cm³/mol. The van der Waals surface area contributed by atoms with Crippen LogP contribution in [0.1, 0.15) is 18.9 Å². The largest absolute Gasteiger partial charge is 0.466 e. The molecule has 0 N–H and O–H groups in total. The topological polar surface area (TPSA) is 26.3 Å². The average Bonchev–Trinajstić information content (AvgIpc) is 2.14. The van der Waals surface area contributed by atoms with Gasteiger partial charge in [-0.05, 0) is 37.1 Å². The summed E-state index contributed by atoms with van der Waals surface area (Å²) in [5.74, 6) is -0.145. The highest BCUT2D eigenvalue weighted by molar-refractivity contribution is 9.11. The number of rotatable bonds is 4. The van der Waals surface area contributed by atoms with Crippen LogP contribution < -0.4 is 0 Å². The normalized spacial score (nSPS) is 10.1. The van der Waals surface area contributed by atoms with E-state index in [0.717, 1.165) is 14.5 Å². The molecule has 0 aliphatic heterocycles. The highest BCUT2D eigenvalue weighted by Gasteiger charge is 2.03. The summed E-state index contributed by atoms with van der Waals surface area (Å²) in [6.45, 7) is 2.26. The quantitative estimate of drug-likeness (QED) is 0.784. The number of benzene rings is 1. The summed E-state index contributed by atoms with van der Waals surface area (Å²) in [5, 5.41) is 0. The number of carbonyl (C=O) groups excluding carboxylic acids is 1. The predicted octanol–water partition coefficient (Wildman–Crippen LogP) is 3.71. The summed E-state index contributed by atoms with van der Waals surface area (Å²) in [5.41, 5.74) is 1.12. The molecule has 0 aliphatic rings. The lowest BCUT2D eigenvalue weighted by Crippen LogP contribution is -2.05. The minimum Gasteiger partial charge on any atom is -0.466 e. The molecule has 82 valence electrons. The van der Waals surface area contributed by atoms with Gasteiger partial charge in [-0.15, -0.1) is 0 Å². The van der Waals surface area contributed by atoms with Crippen LogP contribution in [0.4, 0.5) is 0 Å². The molecule has 0 heterocycles. The third-order valence-electron chi connectivity index (χ3n) is 1.85. The maximum Gasteiger partial charge on any atom is 0.306 e. The third kappa shape index (κ3) is 4.80. The molecule has 15 heavy (non-hydrogen) atoms. The zero-order valence-electron chi connectivity index (χ0n) is 8.43. The number of hydrogen-bond donors (Lipinski definition) is 0. The number of aryl methyl sites for hydroxylation is 1. The average molecular weight is 336 g/mol. The van der Waals surface area contributed by atoms with Crippen LogP contribution in [0.25, 0.3) is 0 Å². The van der Waals surface area contributed by atoms with Crippen molar-refractivity contribution >= 4 is 37.8 Å². The standard InChI is InChI=1S/C11H12Br2O2/c1-2-15-11(14)4-3-8-5-9(12)7-10(13)6-8/h5-7H,2-4H2,1H3. The Kier molecular flexibility index (Phi) is 5.32. The van der Waals surface area contributed by atoms with E-state index < -0.39 is 0 Å². The Hall–Kier alpha value is -0.350. The molecule has 0 atom stereocenters. The molecule has 0 spiro atoms. The van der Waals surface area contributed by atoms with Crippen molar-refractivity contribution in [2.24, 2.45) is 0 Å². The van der Waals surface area contributed by atoms with Gasteiger partial charge in [-0.2, -0.15) is 0 Å². The van der Waals surface area contributed by atoms with E-state index in [2.05, 4.69) is 31.9 Å². The van der Waals surface area contributed by atoms with Gasteiger partial charge >= 0.3 is 5.97 Å². The second-order valence-corrected chi connectivity index (χ2v) is 4.91. The summed E-state index contributed by atoms with van der Waals surface area (Å²) in [6.07, 6.45) is 1.13. The molecule has 0 saturated heterocycles. The Bertz CT molecular complexity index is 330. The van der Waals surface area contributed by atoms with Crippen LogP contribution in [0.15, 0.2) is 27.1 Å². The molecule has 0 aromatic heterocycles. The van der Waals surface area contributed by atoms with Crippen molar-refractivity contribution in [2.75, 3.05) is 6.61 Å². The number of esters is 1.